The first-order valence-electron chi connectivity index (χ1n) is 3.26. The van der Waals surface area contributed by atoms with E-state index in [9.17, 15) is 17.4 Å². The summed E-state index contributed by atoms with van der Waals surface area (Å²) in [6, 6.07) is 2.87. The first-order chi connectivity index (χ1) is 6.02. The summed E-state index contributed by atoms with van der Waals surface area (Å²) < 4.78 is 47.3. The molecule has 13 heavy (non-hydrogen) atoms. The van der Waals surface area contributed by atoms with E-state index >= 15 is 0 Å². The number of nitrogens with two attached hydrogens (primary N) is 1. The highest BCUT2D eigenvalue weighted by molar-refractivity contribution is 7.85. The van der Waals surface area contributed by atoms with Crippen molar-refractivity contribution in [3.63, 3.8) is 0 Å². The monoisotopic (exact) mass is 209 g/mol. The number of anilines is 1. The number of rotatable bonds is 2. The Bertz CT molecular complexity index is 343. The van der Waals surface area contributed by atoms with Gasteiger partial charge in [0, 0.05) is 5.69 Å². The van der Waals surface area contributed by atoms with E-state index in [0.29, 0.717) is 0 Å². The quantitative estimate of drug-likeness (QED) is 0.754. The lowest BCUT2D eigenvalue weighted by molar-refractivity contribution is 0.244. The first-order valence-corrected chi connectivity index (χ1v) is 4.47. The molecule has 6 heteroatoms. The Kier molecular flexibility index (Phi) is 2.92. The number of halogens is 3. The van der Waals surface area contributed by atoms with Crippen molar-refractivity contribution in [1.29, 1.82) is 0 Å². The predicted molar refractivity (Wildman–Crippen MR) is 43.2 cm³/mol. The molecule has 0 amide bonds. The molecule has 2 nitrogen and oxygen atoms in total. The minimum Gasteiger partial charge on any atom is -0.398 e. The zero-order valence-corrected chi connectivity index (χ0v) is 7.15. The molecule has 0 saturated heterocycles. The van der Waals surface area contributed by atoms with Crippen molar-refractivity contribution in [2.45, 2.75) is 10.7 Å². The van der Waals surface area contributed by atoms with Crippen LogP contribution in [0.3, 0.4) is 0 Å². The highest BCUT2D eigenvalue weighted by atomic mass is 32.2. The maximum absolute atomic E-state index is 12.5. The van der Waals surface area contributed by atoms with Gasteiger partial charge in [0.05, 0.1) is 4.90 Å². The third kappa shape index (κ3) is 2.21. The summed E-state index contributed by atoms with van der Waals surface area (Å²) in [6.45, 7) is 0. The minimum atomic E-state index is -3.05. The number of hydrogen-bond donors (Lipinski definition) is 1. The molecule has 0 heterocycles. The Hall–Kier alpha value is -1.04. The highest BCUT2D eigenvalue weighted by Gasteiger charge is 2.18. The van der Waals surface area contributed by atoms with Crippen LogP contribution in [0.25, 0.3) is 0 Å². The molecule has 1 unspecified atom stereocenters. The molecule has 0 aliphatic carbocycles. The molecule has 1 aromatic rings. The summed E-state index contributed by atoms with van der Waals surface area (Å²) in [7, 11) is -2.56. The second-order valence-corrected chi connectivity index (χ2v) is 3.63. The third-order valence-electron chi connectivity index (χ3n) is 1.35. The van der Waals surface area contributed by atoms with Gasteiger partial charge in [0.25, 0.3) is 0 Å². The fourth-order valence-electron chi connectivity index (χ4n) is 0.778. The fraction of sp³-hybridized carbons (Fsp3) is 0.143. The van der Waals surface area contributed by atoms with E-state index in [-0.39, 0.29) is 10.6 Å². The SMILES string of the molecule is Nc1ccc(F)cc1S(=O)C(F)F. The van der Waals surface area contributed by atoms with Gasteiger partial charge in [-0.1, -0.05) is 0 Å². The van der Waals surface area contributed by atoms with Crippen molar-refractivity contribution < 1.29 is 17.4 Å². The Balaban J connectivity index is 3.13. The van der Waals surface area contributed by atoms with E-state index < -0.39 is 22.4 Å². The highest BCUT2D eigenvalue weighted by Crippen LogP contribution is 2.21. The number of benzene rings is 1. The molecule has 0 bridgehead atoms. The van der Waals surface area contributed by atoms with Crippen molar-refractivity contribution in [3.8, 4) is 0 Å². The summed E-state index contributed by atoms with van der Waals surface area (Å²) >= 11 is 0. The molecule has 0 aliphatic rings. The molecule has 0 aromatic heterocycles. The minimum absolute atomic E-state index is 0.0972. The average molecular weight is 209 g/mol. The summed E-state index contributed by atoms with van der Waals surface area (Å²) in [5, 5.41) is 0. The number of alkyl halides is 2. The van der Waals surface area contributed by atoms with Gasteiger partial charge in [-0.2, -0.15) is 8.78 Å². The molecule has 0 saturated carbocycles. The van der Waals surface area contributed by atoms with Gasteiger partial charge in [0.15, 0.2) is 0 Å². The normalized spacial score (nSPS) is 13.2. The van der Waals surface area contributed by atoms with Crippen LogP contribution in [-0.4, -0.2) is 9.97 Å². The standard InChI is InChI=1S/C7H6F3NOS/c8-4-1-2-5(11)6(3-4)13(12)7(9)10/h1-3,7H,11H2. The van der Waals surface area contributed by atoms with Crippen molar-refractivity contribution in [1.82, 2.24) is 0 Å². The molecule has 0 spiro atoms. The summed E-state index contributed by atoms with van der Waals surface area (Å²) in [4.78, 5) is -0.366. The zero-order valence-electron chi connectivity index (χ0n) is 6.34. The van der Waals surface area contributed by atoms with Gasteiger partial charge in [-0.05, 0) is 18.2 Å². The van der Waals surface area contributed by atoms with Crippen LogP contribution in [0.2, 0.25) is 0 Å². The lowest BCUT2D eigenvalue weighted by atomic mass is 10.3. The Morgan fingerprint density at radius 2 is 2.00 bits per heavy atom. The average Bonchev–Trinajstić information content (AvgIpc) is 2.08. The van der Waals surface area contributed by atoms with Crippen molar-refractivity contribution >= 4 is 16.5 Å². The summed E-state index contributed by atoms with van der Waals surface area (Å²) in [5.41, 5.74) is 5.14. The predicted octanol–water partition coefficient (Wildman–Crippen LogP) is 1.74. The first kappa shape index (κ1) is 10.0. The van der Waals surface area contributed by atoms with Crippen molar-refractivity contribution in [2.24, 2.45) is 0 Å². The van der Waals surface area contributed by atoms with Gasteiger partial charge in [-0.25, -0.2) is 8.60 Å². The molecule has 2 N–H and O–H groups in total. The second kappa shape index (κ2) is 3.78. The van der Waals surface area contributed by atoms with E-state index in [1.807, 2.05) is 0 Å². The Morgan fingerprint density at radius 3 is 2.54 bits per heavy atom. The molecule has 0 fully saturated rings. The smallest absolute Gasteiger partial charge is 0.316 e. The molecule has 0 aliphatic heterocycles. The van der Waals surface area contributed by atoms with Crippen LogP contribution in [-0.2, 0) is 10.8 Å². The molecule has 0 radical (unpaired) electrons. The van der Waals surface area contributed by atoms with Gasteiger partial charge in [-0.3, -0.25) is 0 Å². The van der Waals surface area contributed by atoms with Crippen LogP contribution in [0.1, 0.15) is 0 Å². The van der Waals surface area contributed by atoms with Crippen LogP contribution >= 0.6 is 0 Å². The van der Waals surface area contributed by atoms with Gasteiger partial charge < -0.3 is 5.73 Å². The topological polar surface area (TPSA) is 43.1 Å². The number of nitrogen functional groups attached to an aromatic ring is 1. The Morgan fingerprint density at radius 1 is 1.38 bits per heavy atom. The fourth-order valence-corrected chi connectivity index (χ4v) is 1.50. The van der Waals surface area contributed by atoms with E-state index in [4.69, 9.17) is 5.73 Å². The molecular weight excluding hydrogens is 203 g/mol. The maximum Gasteiger partial charge on any atom is 0.316 e. The van der Waals surface area contributed by atoms with E-state index in [1.165, 1.54) is 0 Å². The van der Waals surface area contributed by atoms with Crippen molar-refractivity contribution in [3.05, 3.63) is 24.0 Å². The Labute approximate surface area is 75.0 Å². The molecule has 1 atom stereocenters. The maximum atomic E-state index is 12.5. The van der Waals surface area contributed by atoms with Crippen LogP contribution in [0.4, 0.5) is 18.9 Å². The van der Waals surface area contributed by atoms with Crippen LogP contribution in [0.5, 0.6) is 0 Å². The van der Waals surface area contributed by atoms with E-state index in [2.05, 4.69) is 0 Å². The van der Waals surface area contributed by atoms with Crippen molar-refractivity contribution in [2.75, 3.05) is 5.73 Å². The summed E-state index contributed by atoms with van der Waals surface area (Å²) in [6.07, 6.45) is 0. The molecule has 1 rings (SSSR count). The zero-order chi connectivity index (χ0) is 10.0. The largest absolute Gasteiger partial charge is 0.398 e. The van der Waals surface area contributed by atoms with Gasteiger partial charge >= 0.3 is 5.76 Å². The molecular formula is C7H6F3NOS. The van der Waals surface area contributed by atoms with Crippen LogP contribution < -0.4 is 5.73 Å². The summed E-state index contributed by atoms with van der Waals surface area (Å²) in [5.74, 6) is -3.79. The van der Waals surface area contributed by atoms with E-state index in [1.54, 1.807) is 0 Å². The van der Waals surface area contributed by atoms with E-state index in [0.717, 1.165) is 18.2 Å². The van der Waals surface area contributed by atoms with Gasteiger partial charge in [0.1, 0.15) is 16.6 Å². The lowest BCUT2D eigenvalue weighted by Gasteiger charge is -2.03. The van der Waals surface area contributed by atoms with Crippen LogP contribution in [0, 0.1) is 5.82 Å². The third-order valence-corrected chi connectivity index (χ3v) is 2.46. The second-order valence-electron chi connectivity index (χ2n) is 2.24. The molecule has 1 aromatic carbocycles. The van der Waals surface area contributed by atoms with Gasteiger partial charge in [0.2, 0.25) is 0 Å². The molecule has 72 valence electrons. The lowest BCUT2D eigenvalue weighted by Crippen LogP contribution is -2.06. The van der Waals surface area contributed by atoms with Crippen LogP contribution in [0.15, 0.2) is 23.1 Å². The van der Waals surface area contributed by atoms with Gasteiger partial charge in [-0.15, -0.1) is 0 Å². The number of hydrogen-bond acceptors (Lipinski definition) is 2.